The number of piperidine rings is 1. The summed E-state index contributed by atoms with van der Waals surface area (Å²) in [5.74, 6) is -5.00. The van der Waals surface area contributed by atoms with Crippen LogP contribution in [0.25, 0.3) is 0 Å². The van der Waals surface area contributed by atoms with Crippen molar-refractivity contribution in [2.75, 3.05) is 87.5 Å². The van der Waals surface area contributed by atoms with Crippen LogP contribution in [-0.4, -0.2) is 203 Å². The predicted octanol–water partition coefficient (Wildman–Crippen LogP) is 6.64. The maximum atomic E-state index is 14.7. The molecule has 96 heavy (non-hydrogen) atoms. The molecule has 8 N–H and O–H groups in total. The van der Waals surface area contributed by atoms with Gasteiger partial charge >= 0.3 is 6.03 Å². The van der Waals surface area contributed by atoms with E-state index in [1.54, 1.807) is 62.2 Å². The molecule has 0 aliphatic carbocycles. The zero-order chi connectivity index (χ0) is 71.8. The second kappa shape index (κ2) is 38.9. The number of hydrogen-bond donors (Lipinski definition) is 7. The molecular formula is C73H120N11O12+. The first-order valence-electron chi connectivity index (χ1n) is 35.0. The van der Waals surface area contributed by atoms with E-state index in [2.05, 4.69) is 38.9 Å². The van der Waals surface area contributed by atoms with Gasteiger partial charge < -0.3 is 61.4 Å². The number of methoxy groups -OCH3 is 2. The maximum Gasteiger partial charge on any atom is 0.312 e. The van der Waals surface area contributed by atoms with Crippen LogP contribution in [0, 0.1) is 46.8 Å². The van der Waals surface area contributed by atoms with Crippen LogP contribution in [0.5, 0.6) is 0 Å². The van der Waals surface area contributed by atoms with Gasteiger partial charge in [-0.3, -0.25) is 48.1 Å². The number of primary amides is 1. The fourth-order valence-corrected chi connectivity index (χ4v) is 14.1. The molecule has 2 aromatic carbocycles. The molecule has 23 nitrogen and oxygen atoms in total. The zero-order valence-electron chi connectivity index (χ0n) is 61.0. The topological polar surface area (TPSA) is 297 Å². The minimum atomic E-state index is -0.834. The summed E-state index contributed by atoms with van der Waals surface area (Å²) >= 11 is 0. The SMILES string of the molecule is CC[C@H](C)[C@@H]([C@@H](CC(=O)N1CCC[C@H]1[C@H](OC)[C@@H](C)C(=O)C[C@@H](Cc1ccccc1)C(=O)NCc1ccc(NC(=O)[C@H](CCCNC(N)=O)CC(=O)[C@@H](NC(=O)CCC[N+]2(C)CCC(C)(C(=O)NC)CC2)C(C)C)cc1)OC)N(C)C(=O)[C@@H](NC(=O)[C@H](C(C)C)N(C)C)C(C)C. The Kier molecular flexibility index (Phi) is 33.1. The number of nitrogens with one attached hydrogen (secondary N) is 6. The lowest BCUT2D eigenvalue weighted by atomic mass is 9.78. The Morgan fingerprint density at radius 3 is 1.91 bits per heavy atom. The minimum Gasteiger partial charge on any atom is -0.379 e. The number of anilines is 1. The Balaban J connectivity index is 1.43. The standard InChI is InChI=1S/C73H119N11O12/c1-18-49(8)65(82(14)70(92)63(47(4)5)80-69(91)64(48(6)7)81(12)13)59(95-16)44-61(88)83-37-23-28-56(83)66(96-17)50(9)57(85)43-54(41-51-25-20-19-21-26-51)67(89)77-45-52-30-32-55(33-31-52)78-68(90)53(27-22-36-76-72(74)94)42-58(86)62(46(2)3)79-60(87)29-24-38-84(15)39-34-73(10,35-40-84)71(93)75-11/h19-21,25-26,30-33,46-50,53-54,56,59,62-66H,18,22-24,27-29,34-45H2,1-17H3,(H7-,74,75,76,77,78,79,80,87,89,90,91,93,94)/p+1/t49-,50-,53+,54+,56-,59+,62-,63-,64-,65-,66+,73?,84?/m0/s1. The van der Waals surface area contributed by atoms with E-state index in [0.29, 0.717) is 49.9 Å². The molecule has 2 saturated heterocycles. The molecule has 9 amide bonds. The first-order valence-corrected chi connectivity index (χ1v) is 35.0. The molecule has 23 heteroatoms. The normalized spacial score (nSPS) is 20.4. The lowest BCUT2D eigenvalue weighted by Gasteiger charge is -2.44. The summed E-state index contributed by atoms with van der Waals surface area (Å²) < 4.78 is 13.0. The number of urea groups is 1. The number of ketones is 2. The van der Waals surface area contributed by atoms with Crippen molar-refractivity contribution in [1.82, 2.24) is 41.3 Å². The molecule has 0 unspecified atom stereocenters. The Morgan fingerprint density at radius 2 is 1.35 bits per heavy atom. The lowest BCUT2D eigenvalue weighted by molar-refractivity contribution is -0.916. The van der Waals surface area contributed by atoms with Gasteiger partial charge in [-0.1, -0.05) is 118 Å². The van der Waals surface area contributed by atoms with Crippen molar-refractivity contribution in [2.24, 2.45) is 52.6 Å². The highest BCUT2D eigenvalue weighted by atomic mass is 16.5. The number of carbonyl (C=O) groups is 10. The number of nitrogens with zero attached hydrogens (tertiary/aromatic N) is 4. The Morgan fingerprint density at radius 1 is 0.729 bits per heavy atom. The molecule has 0 bridgehead atoms. The van der Waals surface area contributed by atoms with E-state index in [4.69, 9.17) is 15.2 Å². The number of nitrogens with two attached hydrogens (primary N) is 1. The van der Waals surface area contributed by atoms with E-state index in [-0.39, 0.29) is 122 Å². The third-order valence-corrected chi connectivity index (χ3v) is 20.3. The number of likely N-dealkylation sites (N-methyl/N-ethyl adjacent to an activating group) is 2. The largest absolute Gasteiger partial charge is 0.379 e. The predicted molar refractivity (Wildman–Crippen MR) is 374 cm³/mol. The van der Waals surface area contributed by atoms with Crippen molar-refractivity contribution in [2.45, 2.75) is 202 Å². The number of benzene rings is 2. The fourth-order valence-electron chi connectivity index (χ4n) is 14.1. The van der Waals surface area contributed by atoms with Gasteiger partial charge in [-0.05, 0) is 93.1 Å². The van der Waals surface area contributed by atoms with Gasteiger partial charge in [0.2, 0.25) is 41.4 Å². The number of ether oxygens (including phenoxy) is 2. The molecule has 11 atom stereocenters. The molecular weight excluding hydrogens is 1220 g/mol. The molecule has 0 spiro atoms. The molecule has 2 aliphatic heterocycles. The summed E-state index contributed by atoms with van der Waals surface area (Å²) in [6.07, 6.45) is 3.46. The molecule has 4 rings (SSSR count). The molecule has 2 aliphatic rings. The summed E-state index contributed by atoms with van der Waals surface area (Å²) in [7, 11) is 12.3. The van der Waals surface area contributed by atoms with Crippen LogP contribution in [0.3, 0.4) is 0 Å². The van der Waals surface area contributed by atoms with Crippen LogP contribution in [0.2, 0.25) is 0 Å². The van der Waals surface area contributed by atoms with Gasteiger partial charge in [0.25, 0.3) is 0 Å². The van der Waals surface area contributed by atoms with E-state index in [9.17, 15) is 47.9 Å². The van der Waals surface area contributed by atoms with Crippen molar-refractivity contribution in [3.8, 4) is 0 Å². The summed E-state index contributed by atoms with van der Waals surface area (Å²) in [6, 6.07) is 12.6. The summed E-state index contributed by atoms with van der Waals surface area (Å²) in [4.78, 5) is 143. The number of hydrogen-bond acceptors (Lipinski definition) is 13. The fraction of sp³-hybridized carbons (Fsp3) is 0.699. The van der Waals surface area contributed by atoms with Crippen molar-refractivity contribution >= 4 is 64.6 Å². The zero-order valence-corrected chi connectivity index (χ0v) is 61.0. The highest BCUT2D eigenvalue weighted by Gasteiger charge is 2.45. The van der Waals surface area contributed by atoms with Crippen molar-refractivity contribution in [3.05, 3.63) is 65.7 Å². The molecule has 2 fully saturated rings. The molecule has 538 valence electrons. The second-order valence-electron chi connectivity index (χ2n) is 29.1. The number of carbonyl (C=O) groups excluding carboxylic acids is 10. The Bertz CT molecular complexity index is 2850. The molecule has 0 aromatic heterocycles. The average molecular weight is 1340 g/mol. The minimum absolute atomic E-state index is 0.00225. The van der Waals surface area contributed by atoms with E-state index in [1.807, 2.05) is 112 Å². The number of quaternary nitrogens is 1. The Labute approximate surface area is 572 Å². The average Bonchev–Trinajstić information content (AvgIpc) is 1.04. The molecule has 2 aromatic rings. The molecule has 2 heterocycles. The van der Waals surface area contributed by atoms with E-state index in [0.717, 1.165) is 42.5 Å². The summed E-state index contributed by atoms with van der Waals surface area (Å²) in [5, 5.41) is 17.3. The monoisotopic (exact) mass is 1340 g/mol. The summed E-state index contributed by atoms with van der Waals surface area (Å²) in [5.41, 5.74) is 6.94. The molecule has 0 radical (unpaired) electrons. The quantitative estimate of drug-likeness (QED) is 0.0272. The van der Waals surface area contributed by atoms with Crippen LogP contribution in [0.4, 0.5) is 10.5 Å². The van der Waals surface area contributed by atoms with Crippen molar-refractivity contribution < 1.29 is 61.9 Å². The maximum absolute atomic E-state index is 14.7. The third kappa shape index (κ3) is 24.0. The molecule has 0 saturated carbocycles. The van der Waals surface area contributed by atoms with Crippen molar-refractivity contribution in [3.63, 3.8) is 0 Å². The van der Waals surface area contributed by atoms with E-state index >= 15 is 0 Å². The number of amides is 9. The van der Waals surface area contributed by atoms with Crippen LogP contribution in [0.1, 0.15) is 157 Å². The highest BCUT2D eigenvalue weighted by Crippen LogP contribution is 2.35. The smallest absolute Gasteiger partial charge is 0.312 e. The van der Waals surface area contributed by atoms with Gasteiger partial charge in [0.15, 0.2) is 5.78 Å². The van der Waals surface area contributed by atoms with E-state index in [1.165, 1.54) is 7.11 Å². The van der Waals surface area contributed by atoms with Gasteiger partial charge in [-0.25, -0.2) is 4.79 Å². The van der Waals surface area contributed by atoms with Gasteiger partial charge in [0.1, 0.15) is 11.8 Å². The highest BCUT2D eigenvalue weighted by molar-refractivity contribution is 5.97. The number of rotatable bonds is 40. The number of Topliss-reactive ketones (excluding diaryl/α,β-unsaturated/α-hetero) is 2. The van der Waals surface area contributed by atoms with Gasteiger partial charge in [0.05, 0.1) is 74.9 Å². The van der Waals surface area contributed by atoms with Gasteiger partial charge in [-0.2, -0.15) is 0 Å². The first kappa shape index (κ1) is 81.6. The van der Waals surface area contributed by atoms with Gasteiger partial charge in [0, 0.05) is 110 Å². The van der Waals surface area contributed by atoms with Crippen LogP contribution < -0.4 is 37.6 Å². The van der Waals surface area contributed by atoms with Gasteiger partial charge in [-0.15, -0.1) is 0 Å². The third-order valence-electron chi connectivity index (χ3n) is 20.3. The lowest BCUT2D eigenvalue weighted by Crippen LogP contribution is -2.59. The second-order valence-corrected chi connectivity index (χ2v) is 29.1. The Hall–Kier alpha value is -6.82. The van der Waals surface area contributed by atoms with Crippen molar-refractivity contribution in [1.29, 1.82) is 0 Å². The first-order chi connectivity index (χ1) is 45.2. The summed E-state index contributed by atoms with van der Waals surface area (Å²) in [6.45, 7) is 22.4. The van der Waals surface area contributed by atoms with Crippen LogP contribution in [0.15, 0.2) is 54.6 Å². The van der Waals surface area contributed by atoms with Crippen LogP contribution >= 0.6 is 0 Å². The van der Waals surface area contributed by atoms with Crippen LogP contribution in [-0.2, 0) is 65.6 Å². The van der Waals surface area contributed by atoms with E-state index < -0.39 is 77.5 Å². The number of likely N-dealkylation sites (tertiary alicyclic amines) is 2.